The van der Waals surface area contributed by atoms with Crippen LogP contribution in [0, 0.1) is 5.82 Å². The van der Waals surface area contributed by atoms with E-state index in [4.69, 9.17) is 4.42 Å². The number of carbonyl (C=O) groups excluding carboxylic acids is 1. The molecular formula is C20H16FN3O2S2. The van der Waals surface area contributed by atoms with Crippen LogP contribution >= 0.6 is 23.1 Å². The number of hydrogen-bond donors (Lipinski definition) is 1. The van der Waals surface area contributed by atoms with Crippen molar-refractivity contribution >= 4 is 39.2 Å². The molecule has 0 aliphatic carbocycles. The Hall–Kier alpha value is -2.71. The number of fused-ring (bicyclic) bond motifs is 1. The van der Waals surface area contributed by atoms with Gasteiger partial charge in [-0.3, -0.25) is 4.79 Å². The van der Waals surface area contributed by atoms with Crippen LogP contribution in [0.3, 0.4) is 0 Å². The molecule has 0 saturated carbocycles. The van der Waals surface area contributed by atoms with Crippen LogP contribution in [0.1, 0.15) is 12.7 Å². The predicted molar refractivity (Wildman–Crippen MR) is 109 cm³/mol. The summed E-state index contributed by atoms with van der Waals surface area (Å²) in [6, 6.07) is 11.9. The van der Waals surface area contributed by atoms with Gasteiger partial charge in [-0.15, -0.1) is 11.3 Å². The molecule has 0 spiro atoms. The monoisotopic (exact) mass is 413 g/mol. The van der Waals surface area contributed by atoms with Gasteiger partial charge in [-0.1, -0.05) is 23.9 Å². The van der Waals surface area contributed by atoms with Gasteiger partial charge in [0.1, 0.15) is 22.9 Å². The lowest BCUT2D eigenvalue weighted by molar-refractivity contribution is -0.120. The van der Waals surface area contributed by atoms with Crippen molar-refractivity contribution in [1.82, 2.24) is 15.3 Å². The first kappa shape index (κ1) is 18.6. The minimum Gasteiger partial charge on any atom is -0.467 e. The second-order valence-electron chi connectivity index (χ2n) is 6.07. The highest BCUT2D eigenvalue weighted by Gasteiger charge is 2.18. The van der Waals surface area contributed by atoms with Gasteiger partial charge in [0, 0.05) is 4.88 Å². The number of furan rings is 1. The first-order valence-corrected chi connectivity index (χ1v) is 10.3. The largest absolute Gasteiger partial charge is 0.467 e. The quantitative estimate of drug-likeness (QED) is 0.360. The normalized spacial score (nSPS) is 12.2. The minimum atomic E-state index is -0.329. The summed E-state index contributed by atoms with van der Waals surface area (Å²) < 4.78 is 19.3. The number of thioether (sulfide) groups is 1. The van der Waals surface area contributed by atoms with Gasteiger partial charge >= 0.3 is 0 Å². The van der Waals surface area contributed by atoms with Gasteiger partial charge < -0.3 is 9.73 Å². The number of carbonyl (C=O) groups is 1. The zero-order chi connectivity index (χ0) is 19.5. The zero-order valence-corrected chi connectivity index (χ0v) is 16.5. The van der Waals surface area contributed by atoms with E-state index in [-0.39, 0.29) is 17.0 Å². The van der Waals surface area contributed by atoms with Crippen molar-refractivity contribution in [2.45, 2.75) is 23.7 Å². The second kappa shape index (κ2) is 8.12. The summed E-state index contributed by atoms with van der Waals surface area (Å²) in [6.07, 6.45) is 3.08. The van der Waals surface area contributed by atoms with Crippen molar-refractivity contribution < 1.29 is 13.6 Å². The van der Waals surface area contributed by atoms with E-state index in [1.54, 1.807) is 24.5 Å². The number of aromatic nitrogens is 2. The number of nitrogens with one attached hydrogen (secondary N) is 1. The summed E-state index contributed by atoms with van der Waals surface area (Å²) in [5.74, 6) is 0.343. The van der Waals surface area contributed by atoms with E-state index in [1.165, 1.54) is 41.6 Å². The molecule has 1 amide bonds. The van der Waals surface area contributed by atoms with Gasteiger partial charge in [0.15, 0.2) is 0 Å². The maximum absolute atomic E-state index is 13.2. The number of hydrogen-bond acceptors (Lipinski definition) is 6. The maximum atomic E-state index is 13.2. The molecular weight excluding hydrogens is 397 g/mol. The van der Waals surface area contributed by atoms with Crippen LogP contribution in [0.2, 0.25) is 0 Å². The third kappa shape index (κ3) is 4.07. The van der Waals surface area contributed by atoms with Crippen molar-refractivity contribution in [2.24, 2.45) is 0 Å². The number of nitrogens with zero attached hydrogens (tertiary/aromatic N) is 2. The molecule has 0 aliphatic rings. The lowest BCUT2D eigenvalue weighted by Gasteiger charge is -2.11. The Balaban J connectivity index is 1.51. The Bertz CT molecular complexity index is 1090. The fourth-order valence-corrected chi connectivity index (χ4v) is 4.74. The van der Waals surface area contributed by atoms with Gasteiger partial charge in [-0.2, -0.15) is 0 Å². The minimum absolute atomic E-state index is 0.0940. The highest BCUT2D eigenvalue weighted by Crippen LogP contribution is 2.38. The zero-order valence-electron chi connectivity index (χ0n) is 14.9. The highest BCUT2D eigenvalue weighted by molar-refractivity contribution is 8.00. The van der Waals surface area contributed by atoms with Crippen LogP contribution in [0.5, 0.6) is 0 Å². The van der Waals surface area contributed by atoms with Crippen molar-refractivity contribution in [1.29, 1.82) is 0 Å². The first-order valence-electron chi connectivity index (χ1n) is 8.57. The molecule has 1 aromatic carbocycles. The third-order valence-electron chi connectivity index (χ3n) is 4.08. The van der Waals surface area contributed by atoms with Crippen LogP contribution in [-0.2, 0) is 11.3 Å². The standard InChI is InChI=1S/C20H16FN3O2S2/c1-12(19(25)22-10-15-3-2-8-26-15)27-20-18-16(23-11-24-20)9-17(28-18)13-4-6-14(21)7-5-13/h2-9,11-12H,10H2,1H3,(H,22,25)/t12-/m1/s1. The average molecular weight is 413 g/mol. The SMILES string of the molecule is C[C@@H](Sc1ncnc2cc(-c3ccc(F)cc3)sc12)C(=O)NCc1ccco1. The van der Waals surface area contributed by atoms with Gasteiger partial charge in [-0.05, 0) is 42.8 Å². The fourth-order valence-electron chi connectivity index (χ4n) is 2.63. The summed E-state index contributed by atoms with van der Waals surface area (Å²) in [5.41, 5.74) is 1.73. The number of benzene rings is 1. The van der Waals surface area contributed by atoms with Crippen molar-refractivity contribution in [3.05, 3.63) is 66.6 Å². The molecule has 0 bridgehead atoms. The van der Waals surface area contributed by atoms with Crippen molar-refractivity contribution in [3.63, 3.8) is 0 Å². The molecule has 3 heterocycles. The summed E-state index contributed by atoms with van der Waals surface area (Å²) in [7, 11) is 0. The summed E-state index contributed by atoms with van der Waals surface area (Å²) in [5, 5.41) is 3.28. The summed E-state index contributed by atoms with van der Waals surface area (Å²) in [6.45, 7) is 2.19. The Labute approximate surface area is 169 Å². The summed E-state index contributed by atoms with van der Waals surface area (Å²) >= 11 is 2.92. The molecule has 5 nitrogen and oxygen atoms in total. The molecule has 28 heavy (non-hydrogen) atoms. The van der Waals surface area contributed by atoms with E-state index in [2.05, 4.69) is 15.3 Å². The van der Waals surface area contributed by atoms with Crippen LogP contribution in [0.25, 0.3) is 20.7 Å². The van der Waals surface area contributed by atoms with Crippen LogP contribution in [-0.4, -0.2) is 21.1 Å². The van der Waals surface area contributed by atoms with E-state index in [0.29, 0.717) is 12.3 Å². The van der Waals surface area contributed by atoms with E-state index < -0.39 is 0 Å². The van der Waals surface area contributed by atoms with Gasteiger partial charge in [0.25, 0.3) is 0 Å². The molecule has 4 aromatic rings. The second-order valence-corrected chi connectivity index (χ2v) is 8.45. The molecule has 0 unspecified atom stereocenters. The van der Waals surface area contributed by atoms with Gasteiger partial charge in [0.05, 0.1) is 28.3 Å². The lowest BCUT2D eigenvalue weighted by atomic mass is 10.2. The van der Waals surface area contributed by atoms with Crippen LogP contribution < -0.4 is 5.32 Å². The Kier molecular flexibility index (Phi) is 5.40. The number of thiophene rings is 1. The molecule has 142 valence electrons. The molecule has 0 saturated heterocycles. The molecule has 4 rings (SSSR count). The van der Waals surface area contributed by atoms with E-state index in [0.717, 1.165) is 25.7 Å². The maximum Gasteiger partial charge on any atom is 0.233 e. The molecule has 1 atom stereocenters. The molecule has 3 aromatic heterocycles. The average Bonchev–Trinajstić information content (AvgIpc) is 3.36. The fraction of sp³-hybridized carbons (Fsp3) is 0.150. The molecule has 8 heteroatoms. The molecule has 0 radical (unpaired) electrons. The topological polar surface area (TPSA) is 68.0 Å². The highest BCUT2D eigenvalue weighted by atomic mass is 32.2. The predicted octanol–water partition coefficient (Wildman–Crippen LogP) is 4.89. The Morgan fingerprint density at radius 3 is 2.86 bits per heavy atom. The van der Waals surface area contributed by atoms with E-state index >= 15 is 0 Å². The Morgan fingerprint density at radius 2 is 2.11 bits per heavy atom. The lowest BCUT2D eigenvalue weighted by Crippen LogP contribution is -2.30. The summed E-state index contributed by atoms with van der Waals surface area (Å²) in [4.78, 5) is 22.1. The van der Waals surface area contributed by atoms with Crippen molar-refractivity contribution in [2.75, 3.05) is 0 Å². The van der Waals surface area contributed by atoms with E-state index in [9.17, 15) is 9.18 Å². The number of halogens is 1. The van der Waals surface area contributed by atoms with Crippen LogP contribution in [0.4, 0.5) is 4.39 Å². The van der Waals surface area contributed by atoms with E-state index in [1.807, 2.05) is 19.1 Å². The number of rotatable bonds is 6. The molecule has 0 aliphatic heterocycles. The number of amides is 1. The van der Waals surface area contributed by atoms with Gasteiger partial charge in [0.2, 0.25) is 5.91 Å². The molecule has 1 N–H and O–H groups in total. The van der Waals surface area contributed by atoms with Gasteiger partial charge in [-0.25, -0.2) is 14.4 Å². The first-order chi connectivity index (χ1) is 13.6. The van der Waals surface area contributed by atoms with Crippen molar-refractivity contribution in [3.8, 4) is 10.4 Å². The molecule has 0 fully saturated rings. The Morgan fingerprint density at radius 1 is 1.29 bits per heavy atom. The smallest absolute Gasteiger partial charge is 0.233 e. The van der Waals surface area contributed by atoms with Crippen LogP contribution in [0.15, 0.2) is 64.5 Å². The third-order valence-corrected chi connectivity index (χ3v) is 6.49.